The predicted octanol–water partition coefficient (Wildman–Crippen LogP) is 1.10. The number of nitro groups is 1. The summed E-state index contributed by atoms with van der Waals surface area (Å²) in [7, 11) is 0. The molecule has 1 aromatic rings. The van der Waals surface area contributed by atoms with Gasteiger partial charge in [-0.15, -0.1) is 0 Å². The van der Waals surface area contributed by atoms with E-state index in [9.17, 15) is 14.9 Å². The molecule has 0 spiro atoms. The van der Waals surface area contributed by atoms with Crippen molar-refractivity contribution in [3.63, 3.8) is 0 Å². The first-order valence-corrected chi connectivity index (χ1v) is 6.94. The Labute approximate surface area is 123 Å². The number of nitrogens with zero attached hydrogens (tertiary/aromatic N) is 2. The van der Waals surface area contributed by atoms with Gasteiger partial charge in [0.05, 0.1) is 18.0 Å². The molecule has 1 saturated heterocycles. The highest BCUT2D eigenvalue weighted by molar-refractivity contribution is 5.76. The lowest BCUT2D eigenvalue weighted by molar-refractivity contribution is -0.384. The third-order valence-electron chi connectivity index (χ3n) is 3.41. The van der Waals surface area contributed by atoms with E-state index in [1.54, 1.807) is 13.0 Å². The fraction of sp³-hybridized carbons (Fsp3) is 0.500. The molecule has 114 valence electrons. The molecule has 21 heavy (non-hydrogen) atoms. The Bertz CT molecular complexity index is 527. The molecular weight excluding hydrogens is 274 g/mol. The number of rotatable bonds is 5. The molecule has 0 aromatic heterocycles. The molecule has 0 bridgehead atoms. The number of nitrogens with one attached hydrogen (secondary N) is 1. The van der Waals surface area contributed by atoms with Crippen LogP contribution in [-0.4, -0.2) is 48.5 Å². The van der Waals surface area contributed by atoms with Crippen molar-refractivity contribution in [2.24, 2.45) is 0 Å². The molecule has 1 aliphatic rings. The van der Waals surface area contributed by atoms with Crippen LogP contribution in [0.5, 0.6) is 5.75 Å². The average molecular weight is 293 g/mol. The summed E-state index contributed by atoms with van der Waals surface area (Å²) in [5.41, 5.74) is 0.732. The number of non-ortho nitro benzene ring substituents is 1. The first-order chi connectivity index (χ1) is 10.1. The molecule has 0 unspecified atom stereocenters. The van der Waals surface area contributed by atoms with Gasteiger partial charge in [0, 0.05) is 38.3 Å². The van der Waals surface area contributed by atoms with Crippen molar-refractivity contribution in [1.29, 1.82) is 0 Å². The number of ether oxygens (including phenoxy) is 1. The molecule has 1 N–H and O–H groups in total. The molecule has 1 fully saturated rings. The number of aryl methyl sites for hydroxylation is 1. The van der Waals surface area contributed by atoms with Crippen LogP contribution in [0.4, 0.5) is 5.69 Å². The van der Waals surface area contributed by atoms with Gasteiger partial charge in [0.2, 0.25) is 5.91 Å². The Morgan fingerprint density at radius 1 is 1.43 bits per heavy atom. The van der Waals surface area contributed by atoms with E-state index in [1.807, 2.05) is 4.90 Å². The van der Waals surface area contributed by atoms with Crippen LogP contribution in [0.25, 0.3) is 0 Å². The van der Waals surface area contributed by atoms with Gasteiger partial charge in [-0.05, 0) is 18.6 Å². The zero-order valence-corrected chi connectivity index (χ0v) is 12.0. The molecule has 0 atom stereocenters. The number of amides is 1. The van der Waals surface area contributed by atoms with Crippen molar-refractivity contribution in [3.05, 3.63) is 33.9 Å². The molecule has 0 aliphatic carbocycles. The second-order valence-electron chi connectivity index (χ2n) is 4.94. The van der Waals surface area contributed by atoms with E-state index in [0.717, 1.165) is 26.2 Å². The summed E-state index contributed by atoms with van der Waals surface area (Å²) >= 11 is 0. The first kappa shape index (κ1) is 15.2. The summed E-state index contributed by atoms with van der Waals surface area (Å²) in [5.74, 6) is 0.657. The molecule has 1 aromatic carbocycles. The first-order valence-electron chi connectivity index (χ1n) is 6.94. The van der Waals surface area contributed by atoms with Crippen LogP contribution < -0.4 is 10.1 Å². The second kappa shape index (κ2) is 7.03. The molecule has 2 rings (SSSR count). The monoisotopic (exact) mass is 293 g/mol. The summed E-state index contributed by atoms with van der Waals surface area (Å²) in [4.78, 5) is 24.0. The largest absolute Gasteiger partial charge is 0.493 e. The number of hydrogen-bond acceptors (Lipinski definition) is 5. The summed E-state index contributed by atoms with van der Waals surface area (Å²) in [6.07, 6.45) is 0.316. The molecule has 7 nitrogen and oxygen atoms in total. The molecule has 7 heteroatoms. The Morgan fingerprint density at radius 3 is 2.76 bits per heavy atom. The van der Waals surface area contributed by atoms with Gasteiger partial charge in [-0.2, -0.15) is 0 Å². The van der Waals surface area contributed by atoms with Gasteiger partial charge in [0.15, 0.2) is 0 Å². The Morgan fingerprint density at radius 2 is 2.14 bits per heavy atom. The normalized spacial score (nSPS) is 14.8. The van der Waals surface area contributed by atoms with Crippen molar-refractivity contribution in [3.8, 4) is 5.75 Å². The minimum atomic E-state index is -0.440. The van der Waals surface area contributed by atoms with Crippen LogP contribution >= 0.6 is 0 Å². The zero-order valence-electron chi connectivity index (χ0n) is 12.0. The number of carbonyl (C=O) groups is 1. The van der Waals surface area contributed by atoms with Crippen LogP contribution in [-0.2, 0) is 4.79 Å². The summed E-state index contributed by atoms with van der Waals surface area (Å²) in [6.45, 7) is 5.15. The molecule has 1 heterocycles. The van der Waals surface area contributed by atoms with E-state index in [1.165, 1.54) is 12.1 Å². The Hall–Kier alpha value is -2.15. The summed E-state index contributed by atoms with van der Waals surface area (Å²) < 4.78 is 5.55. The van der Waals surface area contributed by atoms with Crippen LogP contribution in [0.3, 0.4) is 0 Å². The Balaban J connectivity index is 1.83. The van der Waals surface area contributed by atoms with E-state index in [0.29, 0.717) is 17.7 Å². The van der Waals surface area contributed by atoms with Gasteiger partial charge in [-0.1, -0.05) is 0 Å². The summed E-state index contributed by atoms with van der Waals surface area (Å²) in [5, 5.41) is 13.8. The lowest BCUT2D eigenvalue weighted by Gasteiger charge is -2.27. The third kappa shape index (κ3) is 4.16. The van der Waals surface area contributed by atoms with Crippen LogP contribution in [0, 0.1) is 17.0 Å². The van der Waals surface area contributed by atoms with Gasteiger partial charge in [0.25, 0.3) is 5.69 Å². The number of carbonyl (C=O) groups excluding carboxylic acids is 1. The molecular formula is C14H19N3O4. The zero-order chi connectivity index (χ0) is 15.2. The highest BCUT2D eigenvalue weighted by Gasteiger charge is 2.16. The van der Waals surface area contributed by atoms with E-state index in [4.69, 9.17) is 4.74 Å². The van der Waals surface area contributed by atoms with Gasteiger partial charge in [0.1, 0.15) is 5.75 Å². The predicted molar refractivity (Wildman–Crippen MR) is 77.4 cm³/mol. The number of nitro benzene ring substituents is 1. The number of benzene rings is 1. The van der Waals surface area contributed by atoms with E-state index < -0.39 is 4.92 Å². The minimum Gasteiger partial charge on any atom is -0.493 e. The standard InChI is InChI=1S/C14H19N3O4/c1-11-10-12(17(19)20)2-3-13(11)21-9-4-14(18)16-7-5-15-6-8-16/h2-3,10,15H,4-9H2,1H3. The lowest BCUT2D eigenvalue weighted by Crippen LogP contribution is -2.46. The van der Waals surface area contributed by atoms with E-state index in [2.05, 4.69) is 5.32 Å². The van der Waals surface area contributed by atoms with E-state index >= 15 is 0 Å². The van der Waals surface area contributed by atoms with Crippen LogP contribution in [0.15, 0.2) is 18.2 Å². The number of piperazine rings is 1. The summed E-state index contributed by atoms with van der Waals surface area (Å²) in [6, 6.07) is 4.44. The maximum absolute atomic E-state index is 11.9. The van der Waals surface area contributed by atoms with Crippen molar-refractivity contribution < 1.29 is 14.5 Å². The molecule has 0 saturated carbocycles. The fourth-order valence-corrected chi connectivity index (χ4v) is 2.23. The van der Waals surface area contributed by atoms with Crippen molar-refractivity contribution in [2.75, 3.05) is 32.8 Å². The highest BCUT2D eigenvalue weighted by atomic mass is 16.6. The Kier molecular flexibility index (Phi) is 5.10. The van der Waals surface area contributed by atoms with Gasteiger partial charge < -0.3 is 15.0 Å². The maximum Gasteiger partial charge on any atom is 0.269 e. The van der Waals surface area contributed by atoms with Gasteiger partial charge >= 0.3 is 0 Å². The topological polar surface area (TPSA) is 84.7 Å². The molecule has 1 aliphatic heterocycles. The minimum absolute atomic E-state index is 0.0387. The van der Waals surface area contributed by atoms with Crippen LogP contribution in [0.1, 0.15) is 12.0 Å². The lowest BCUT2D eigenvalue weighted by atomic mass is 10.2. The van der Waals surface area contributed by atoms with Crippen molar-refractivity contribution in [2.45, 2.75) is 13.3 Å². The highest BCUT2D eigenvalue weighted by Crippen LogP contribution is 2.23. The fourth-order valence-electron chi connectivity index (χ4n) is 2.23. The van der Waals surface area contributed by atoms with Gasteiger partial charge in [-0.25, -0.2) is 0 Å². The quantitative estimate of drug-likeness (QED) is 0.649. The average Bonchev–Trinajstić information content (AvgIpc) is 2.49. The van der Waals surface area contributed by atoms with Crippen LogP contribution in [0.2, 0.25) is 0 Å². The smallest absolute Gasteiger partial charge is 0.269 e. The van der Waals surface area contributed by atoms with Crippen molar-refractivity contribution >= 4 is 11.6 Å². The molecule has 0 radical (unpaired) electrons. The van der Waals surface area contributed by atoms with Crippen molar-refractivity contribution in [1.82, 2.24) is 10.2 Å². The van der Waals surface area contributed by atoms with Gasteiger partial charge in [-0.3, -0.25) is 14.9 Å². The van der Waals surface area contributed by atoms with E-state index in [-0.39, 0.29) is 18.2 Å². The number of hydrogen-bond donors (Lipinski definition) is 1. The third-order valence-corrected chi connectivity index (χ3v) is 3.41. The maximum atomic E-state index is 11.9. The molecule has 1 amide bonds. The second-order valence-corrected chi connectivity index (χ2v) is 4.94. The SMILES string of the molecule is Cc1cc([N+](=O)[O-])ccc1OCCC(=O)N1CCNCC1.